The van der Waals surface area contributed by atoms with Crippen molar-refractivity contribution in [1.82, 2.24) is 9.55 Å². The van der Waals surface area contributed by atoms with Gasteiger partial charge in [-0.05, 0) is 18.2 Å². The van der Waals surface area contributed by atoms with Crippen molar-refractivity contribution in [1.29, 1.82) is 0 Å². The van der Waals surface area contributed by atoms with E-state index in [9.17, 15) is 19.2 Å². The molecule has 0 saturated carbocycles. The van der Waals surface area contributed by atoms with Crippen LogP contribution in [0.25, 0.3) is 0 Å². The lowest BCUT2D eigenvalue weighted by molar-refractivity contribution is -0.195. The summed E-state index contributed by atoms with van der Waals surface area (Å²) in [5.41, 5.74) is 1.22. The predicted octanol–water partition coefficient (Wildman–Crippen LogP) is -0.364. The summed E-state index contributed by atoms with van der Waals surface area (Å²) in [4.78, 5) is 51.3. The van der Waals surface area contributed by atoms with E-state index >= 15 is 0 Å². The Kier molecular flexibility index (Phi) is 5.16. The Morgan fingerprint density at radius 3 is 2.47 bits per heavy atom. The molecule has 30 heavy (non-hydrogen) atoms. The van der Waals surface area contributed by atoms with Gasteiger partial charge in [0.25, 0.3) is 0 Å². The molecule has 2 fully saturated rings. The van der Waals surface area contributed by atoms with E-state index in [0.29, 0.717) is 5.56 Å². The van der Waals surface area contributed by atoms with Crippen LogP contribution < -0.4 is 11.2 Å². The summed E-state index contributed by atoms with van der Waals surface area (Å²) in [7, 11) is 0. The molecule has 1 aromatic heterocycles. The van der Waals surface area contributed by atoms with Crippen molar-refractivity contribution in [3.8, 4) is 0 Å². The van der Waals surface area contributed by atoms with Gasteiger partial charge in [0, 0.05) is 6.20 Å². The SMILES string of the molecule is O=C1O[C@@H]2[C@H](OC1=O)[C@@H](COC(=O)c1ccccc1)O[C@H]2n1ccc(NO)nc1=O. The zero-order valence-electron chi connectivity index (χ0n) is 15.2. The third-order valence-electron chi connectivity index (χ3n) is 4.55. The van der Waals surface area contributed by atoms with Crippen molar-refractivity contribution in [2.75, 3.05) is 12.1 Å². The second-order valence-corrected chi connectivity index (χ2v) is 6.38. The summed E-state index contributed by atoms with van der Waals surface area (Å²) in [5, 5.41) is 8.86. The maximum Gasteiger partial charge on any atom is 0.418 e. The molecule has 2 aliphatic rings. The normalized spacial score (nSPS) is 25.1. The summed E-state index contributed by atoms with van der Waals surface area (Å²) < 4.78 is 22.2. The third-order valence-corrected chi connectivity index (χ3v) is 4.55. The fourth-order valence-corrected chi connectivity index (χ4v) is 3.16. The fourth-order valence-electron chi connectivity index (χ4n) is 3.16. The standard InChI is InChI=1S/C18H15N3O9/c22-15(9-4-2-1-3-5-9)27-8-10-12-13(30-17(24)16(23)29-12)14(28-10)21-7-6-11(20-26)19-18(21)25/h1-7,10,12-14,26H,8H2,(H,19,20,25)/t10-,12-,13-,14-/m1/s1. The van der Waals surface area contributed by atoms with Gasteiger partial charge >= 0.3 is 23.6 Å². The van der Waals surface area contributed by atoms with Gasteiger partial charge in [0.05, 0.1) is 5.56 Å². The molecule has 2 aromatic rings. The molecule has 156 valence electrons. The Labute approximate surface area is 167 Å². The minimum absolute atomic E-state index is 0.105. The first-order valence-electron chi connectivity index (χ1n) is 8.76. The molecule has 0 amide bonds. The van der Waals surface area contributed by atoms with E-state index in [1.54, 1.807) is 35.8 Å². The zero-order valence-corrected chi connectivity index (χ0v) is 15.2. The van der Waals surface area contributed by atoms with Crippen molar-refractivity contribution in [2.24, 2.45) is 0 Å². The molecule has 4 atom stereocenters. The minimum Gasteiger partial charge on any atom is -0.459 e. The Balaban J connectivity index is 1.56. The second kappa shape index (κ2) is 7.93. The molecular weight excluding hydrogens is 402 g/mol. The number of carbonyl (C=O) groups is 3. The maximum absolute atomic E-state index is 12.3. The highest BCUT2D eigenvalue weighted by molar-refractivity contribution is 6.30. The van der Waals surface area contributed by atoms with E-state index < -0.39 is 48.1 Å². The molecule has 0 spiro atoms. The molecule has 4 rings (SSSR count). The van der Waals surface area contributed by atoms with Crippen LogP contribution in [-0.2, 0) is 28.5 Å². The second-order valence-electron chi connectivity index (χ2n) is 6.38. The van der Waals surface area contributed by atoms with Gasteiger partial charge < -0.3 is 18.9 Å². The monoisotopic (exact) mass is 417 g/mol. The Hall–Kier alpha value is -3.77. The summed E-state index contributed by atoms with van der Waals surface area (Å²) in [5.74, 6) is -3.19. The molecule has 0 bridgehead atoms. The lowest BCUT2D eigenvalue weighted by Crippen LogP contribution is -2.48. The third kappa shape index (κ3) is 3.60. The van der Waals surface area contributed by atoms with E-state index in [2.05, 4.69) is 4.98 Å². The number of benzene rings is 1. The number of anilines is 1. The van der Waals surface area contributed by atoms with Crippen molar-refractivity contribution in [2.45, 2.75) is 24.5 Å². The number of nitrogens with zero attached hydrogens (tertiary/aromatic N) is 2. The van der Waals surface area contributed by atoms with Gasteiger partial charge in [0.15, 0.2) is 24.3 Å². The van der Waals surface area contributed by atoms with Crippen molar-refractivity contribution in [3.63, 3.8) is 0 Å². The van der Waals surface area contributed by atoms with Crippen LogP contribution >= 0.6 is 0 Å². The number of fused-ring (bicyclic) bond motifs is 1. The average molecular weight is 417 g/mol. The molecule has 1 aromatic carbocycles. The van der Waals surface area contributed by atoms with Gasteiger partial charge in [-0.15, -0.1) is 0 Å². The van der Waals surface area contributed by atoms with Gasteiger partial charge in [-0.3, -0.25) is 15.3 Å². The van der Waals surface area contributed by atoms with Gasteiger partial charge in [0.2, 0.25) is 0 Å². The predicted molar refractivity (Wildman–Crippen MR) is 94.3 cm³/mol. The van der Waals surface area contributed by atoms with Crippen molar-refractivity contribution < 1.29 is 38.5 Å². The number of ether oxygens (including phenoxy) is 4. The highest BCUT2D eigenvalue weighted by atomic mass is 16.7. The number of aromatic nitrogens is 2. The van der Waals surface area contributed by atoms with Crippen LogP contribution in [0.1, 0.15) is 16.6 Å². The molecule has 0 aliphatic carbocycles. The van der Waals surface area contributed by atoms with E-state index in [1.807, 2.05) is 0 Å². The van der Waals surface area contributed by atoms with Crippen LogP contribution in [-0.4, -0.2) is 57.6 Å². The zero-order chi connectivity index (χ0) is 21.3. The number of carbonyl (C=O) groups excluding carboxylic acids is 3. The van der Waals surface area contributed by atoms with Gasteiger partial charge in [-0.2, -0.15) is 4.98 Å². The first-order chi connectivity index (χ1) is 14.5. The van der Waals surface area contributed by atoms with Gasteiger partial charge in [-0.1, -0.05) is 18.2 Å². The highest BCUT2D eigenvalue weighted by Gasteiger charge is 2.55. The molecule has 12 heteroatoms. The highest BCUT2D eigenvalue weighted by Crippen LogP contribution is 2.35. The van der Waals surface area contributed by atoms with E-state index in [0.717, 1.165) is 4.57 Å². The van der Waals surface area contributed by atoms with Crippen molar-refractivity contribution >= 4 is 23.7 Å². The van der Waals surface area contributed by atoms with Crippen LogP contribution in [0.3, 0.4) is 0 Å². The Morgan fingerprint density at radius 1 is 1.10 bits per heavy atom. The lowest BCUT2D eigenvalue weighted by Gasteiger charge is -2.27. The number of rotatable bonds is 5. The first kappa shape index (κ1) is 19.5. The van der Waals surface area contributed by atoms with Gasteiger partial charge in [-0.25, -0.2) is 19.2 Å². The number of hydrogen-bond donors (Lipinski definition) is 2. The van der Waals surface area contributed by atoms with Gasteiger partial charge in [0.1, 0.15) is 12.7 Å². The molecule has 12 nitrogen and oxygen atoms in total. The van der Waals surface area contributed by atoms with Crippen LogP contribution in [0.4, 0.5) is 5.82 Å². The van der Waals surface area contributed by atoms with Crippen LogP contribution in [0.15, 0.2) is 47.4 Å². The topological polar surface area (TPSA) is 155 Å². The fraction of sp³-hybridized carbons (Fsp3) is 0.278. The lowest BCUT2D eigenvalue weighted by atomic mass is 10.1. The molecule has 2 saturated heterocycles. The smallest absolute Gasteiger partial charge is 0.418 e. The van der Waals surface area contributed by atoms with Crippen LogP contribution in [0.5, 0.6) is 0 Å². The summed E-state index contributed by atoms with van der Waals surface area (Å²) >= 11 is 0. The van der Waals surface area contributed by atoms with E-state index in [1.165, 1.54) is 12.3 Å². The molecule has 3 heterocycles. The Bertz CT molecular complexity index is 1040. The van der Waals surface area contributed by atoms with E-state index in [-0.39, 0.29) is 12.4 Å². The molecule has 2 N–H and O–H groups in total. The summed E-state index contributed by atoms with van der Waals surface area (Å²) in [6.07, 6.45) is -3.22. The van der Waals surface area contributed by atoms with Crippen molar-refractivity contribution in [3.05, 3.63) is 58.6 Å². The summed E-state index contributed by atoms with van der Waals surface area (Å²) in [6, 6.07) is 9.48. The number of hydrogen-bond acceptors (Lipinski definition) is 11. The molecule has 0 unspecified atom stereocenters. The van der Waals surface area contributed by atoms with Crippen LogP contribution in [0.2, 0.25) is 0 Å². The molecule has 2 aliphatic heterocycles. The number of nitrogens with one attached hydrogen (secondary N) is 1. The average Bonchev–Trinajstić information content (AvgIpc) is 3.09. The first-order valence-corrected chi connectivity index (χ1v) is 8.76. The molecule has 0 radical (unpaired) electrons. The Morgan fingerprint density at radius 2 is 1.80 bits per heavy atom. The van der Waals surface area contributed by atoms with E-state index in [4.69, 9.17) is 24.2 Å². The largest absolute Gasteiger partial charge is 0.459 e. The molecular formula is C18H15N3O9. The van der Waals surface area contributed by atoms with Crippen LogP contribution in [0, 0.1) is 0 Å². The number of esters is 3. The quantitative estimate of drug-likeness (QED) is 0.283. The summed E-state index contributed by atoms with van der Waals surface area (Å²) in [6.45, 7) is -0.325. The minimum atomic E-state index is -1.23. The maximum atomic E-state index is 12.3.